The summed E-state index contributed by atoms with van der Waals surface area (Å²) in [4.78, 5) is 16.6. The predicted octanol–water partition coefficient (Wildman–Crippen LogP) is 3.90. The van der Waals surface area contributed by atoms with Crippen molar-refractivity contribution in [3.8, 4) is 0 Å². The molecular formula is C18H27N2O. The van der Waals surface area contributed by atoms with E-state index in [1.807, 2.05) is 18.2 Å². The maximum absolute atomic E-state index is 12.2. The van der Waals surface area contributed by atoms with Crippen LogP contribution in [0.5, 0.6) is 0 Å². The molecular weight excluding hydrogens is 260 g/mol. The van der Waals surface area contributed by atoms with Gasteiger partial charge in [0.2, 0.25) is 5.91 Å². The van der Waals surface area contributed by atoms with E-state index in [1.165, 1.54) is 6.42 Å². The van der Waals surface area contributed by atoms with Crippen molar-refractivity contribution < 1.29 is 4.79 Å². The average Bonchev–Trinajstić information content (AvgIpc) is 2.45. The van der Waals surface area contributed by atoms with Crippen LogP contribution in [0.3, 0.4) is 0 Å². The third-order valence-corrected chi connectivity index (χ3v) is 5.20. The number of aryl methyl sites for hydroxylation is 1. The van der Waals surface area contributed by atoms with E-state index in [4.69, 9.17) is 5.73 Å². The Bertz CT molecular complexity index is 471. The molecule has 1 aliphatic carbocycles. The molecule has 0 unspecified atom stereocenters. The molecule has 21 heavy (non-hydrogen) atoms. The van der Waals surface area contributed by atoms with Gasteiger partial charge in [-0.15, -0.1) is 0 Å². The minimum atomic E-state index is -0.469. The second-order valence-corrected chi connectivity index (χ2v) is 7.04. The van der Waals surface area contributed by atoms with Gasteiger partial charge in [-0.1, -0.05) is 33.3 Å². The predicted molar refractivity (Wildman–Crippen MR) is 84.4 cm³/mol. The number of rotatable bonds is 5. The molecule has 2 rings (SSSR count). The molecule has 1 aliphatic rings. The van der Waals surface area contributed by atoms with Crippen molar-refractivity contribution in [2.75, 3.05) is 0 Å². The molecule has 1 amide bonds. The van der Waals surface area contributed by atoms with Crippen molar-refractivity contribution in [1.82, 2.24) is 10.7 Å². The Hall–Kier alpha value is -1.38. The standard InChI is InChI=1S/C18H27N2O/c1-13(2)16-8-7-14(3)12-18(16,17(19)21)10-9-15-6-4-5-11-20-15/h4-6,11,13-14,16,19H,7-10,12H2,1-3H3/t14-,16+,18-/m1/s1. The fourth-order valence-corrected chi connectivity index (χ4v) is 4.15. The van der Waals surface area contributed by atoms with E-state index in [9.17, 15) is 4.79 Å². The Balaban J connectivity index is 2.22. The lowest BCUT2D eigenvalue weighted by molar-refractivity contribution is -0.137. The van der Waals surface area contributed by atoms with Gasteiger partial charge in [0.25, 0.3) is 0 Å². The summed E-state index contributed by atoms with van der Waals surface area (Å²) in [6.07, 6.45) is 6.48. The van der Waals surface area contributed by atoms with E-state index in [0.717, 1.165) is 31.4 Å². The first kappa shape index (κ1) is 16.0. The van der Waals surface area contributed by atoms with Crippen LogP contribution in [0.25, 0.3) is 0 Å². The first-order valence-electron chi connectivity index (χ1n) is 8.11. The highest BCUT2D eigenvalue weighted by Gasteiger charge is 2.48. The quantitative estimate of drug-likeness (QED) is 0.824. The number of nitrogens with one attached hydrogen (secondary N) is 1. The maximum atomic E-state index is 12.2. The van der Waals surface area contributed by atoms with Crippen LogP contribution in [0.4, 0.5) is 0 Å². The van der Waals surface area contributed by atoms with Gasteiger partial charge >= 0.3 is 0 Å². The normalized spacial score (nSPS) is 29.5. The zero-order chi connectivity index (χ0) is 15.5. The number of pyridine rings is 1. The van der Waals surface area contributed by atoms with Gasteiger partial charge in [0.15, 0.2) is 0 Å². The van der Waals surface area contributed by atoms with Crippen molar-refractivity contribution in [3.05, 3.63) is 30.1 Å². The van der Waals surface area contributed by atoms with Crippen LogP contribution in [0.1, 0.15) is 52.1 Å². The first-order valence-corrected chi connectivity index (χ1v) is 8.11. The Morgan fingerprint density at radius 2 is 2.19 bits per heavy atom. The van der Waals surface area contributed by atoms with Crippen molar-refractivity contribution in [2.45, 2.75) is 52.9 Å². The van der Waals surface area contributed by atoms with Gasteiger partial charge in [-0.3, -0.25) is 15.5 Å². The molecule has 3 atom stereocenters. The van der Waals surface area contributed by atoms with E-state index in [-0.39, 0.29) is 5.91 Å². The molecule has 1 aromatic heterocycles. The highest BCUT2D eigenvalue weighted by molar-refractivity contribution is 5.80. The maximum Gasteiger partial charge on any atom is 0.244 e. The van der Waals surface area contributed by atoms with Crippen LogP contribution in [-0.4, -0.2) is 10.9 Å². The molecule has 115 valence electrons. The first-order chi connectivity index (χ1) is 9.95. The molecule has 1 saturated carbocycles. The summed E-state index contributed by atoms with van der Waals surface area (Å²) in [6.45, 7) is 6.60. The van der Waals surface area contributed by atoms with Gasteiger partial charge in [0, 0.05) is 11.9 Å². The van der Waals surface area contributed by atoms with Crippen LogP contribution in [0.15, 0.2) is 24.4 Å². The van der Waals surface area contributed by atoms with Gasteiger partial charge in [-0.2, -0.15) is 0 Å². The van der Waals surface area contributed by atoms with Crippen molar-refractivity contribution >= 4 is 5.91 Å². The van der Waals surface area contributed by atoms with Gasteiger partial charge in [0.05, 0.1) is 5.41 Å². The smallest absolute Gasteiger partial charge is 0.244 e. The fraction of sp³-hybridized carbons (Fsp3) is 0.667. The van der Waals surface area contributed by atoms with Gasteiger partial charge in [-0.25, -0.2) is 0 Å². The number of hydrogen-bond donors (Lipinski definition) is 0. The Kier molecular flexibility index (Phi) is 5.02. The molecule has 0 aliphatic heterocycles. The number of carbonyl (C=O) groups excluding carboxylic acids is 1. The fourth-order valence-electron chi connectivity index (χ4n) is 4.15. The molecule has 1 N–H and O–H groups in total. The third kappa shape index (κ3) is 3.45. The minimum absolute atomic E-state index is 0.336. The van der Waals surface area contributed by atoms with Crippen LogP contribution < -0.4 is 5.73 Å². The van der Waals surface area contributed by atoms with Crippen LogP contribution in [0.2, 0.25) is 0 Å². The summed E-state index contributed by atoms with van der Waals surface area (Å²) < 4.78 is 0. The summed E-state index contributed by atoms with van der Waals surface area (Å²) in [6, 6.07) is 5.91. The highest BCUT2D eigenvalue weighted by Crippen LogP contribution is 2.50. The monoisotopic (exact) mass is 287 g/mol. The SMILES string of the molecule is CC(C)[C@@H]1CC[C@@H](C)C[C@@]1(CCc1ccccn1)C([NH])=O. The largest absolute Gasteiger partial charge is 0.273 e. The van der Waals surface area contributed by atoms with Crippen molar-refractivity contribution in [2.24, 2.45) is 23.2 Å². The van der Waals surface area contributed by atoms with Crippen LogP contribution in [0, 0.1) is 23.2 Å². The van der Waals surface area contributed by atoms with Gasteiger partial charge < -0.3 is 0 Å². The molecule has 1 heterocycles. The third-order valence-electron chi connectivity index (χ3n) is 5.20. The molecule has 1 radical (unpaired) electrons. The summed E-state index contributed by atoms with van der Waals surface area (Å²) in [7, 11) is 0. The van der Waals surface area contributed by atoms with Gasteiger partial charge in [-0.05, 0) is 55.6 Å². The zero-order valence-corrected chi connectivity index (χ0v) is 13.4. The lowest BCUT2D eigenvalue weighted by Gasteiger charge is -2.46. The topological polar surface area (TPSA) is 53.8 Å². The second kappa shape index (κ2) is 6.59. The molecule has 3 heteroatoms. The van der Waals surface area contributed by atoms with E-state index in [1.54, 1.807) is 6.20 Å². The molecule has 3 nitrogen and oxygen atoms in total. The average molecular weight is 287 g/mol. The minimum Gasteiger partial charge on any atom is -0.273 e. The van der Waals surface area contributed by atoms with E-state index < -0.39 is 5.41 Å². The molecule has 1 fully saturated rings. The number of amides is 1. The summed E-state index contributed by atoms with van der Waals surface area (Å²) in [5, 5.41) is 0. The van der Waals surface area contributed by atoms with Gasteiger partial charge in [0.1, 0.15) is 0 Å². The van der Waals surface area contributed by atoms with Crippen LogP contribution in [-0.2, 0) is 11.2 Å². The Morgan fingerprint density at radius 3 is 2.76 bits per heavy atom. The van der Waals surface area contributed by atoms with E-state index >= 15 is 0 Å². The number of aromatic nitrogens is 1. The summed E-state index contributed by atoms with van der Waals surface area (Å²) in [5.41, 5.74) is 8.50. The van der Waals surface area contributed by atoms with Crippen molar-refractivity contribution in [3.63, 3.8) is 0 Å². The Labute approximate surface area is 128 Å². The second-order valence-electron chi connectivity index (χ2n) is 7.04. The highest BCUT2D eigenvalue weighted by atomic mass is 16.1. The van der Waals surface area contributed by atoms with Crippen LogP contribution >= 0.6 is 0 Å². The van der Waals surface area contributed by atoms with E-state index in [2.05, 4.69) is 25.8 Å². The molecule has 0 bridgehead atoms. The molecule has 1 aromatic rings. The van der Waals surface area contributed by atoms with E-state index in [0.29, 0.717) is 17.8 Å². The van der Waals surface area contributed by atoms with Crippen molar-refractivity contribution in [1.29, 1.82) is 0 Å². The lowest BCUT2D eigenvalue weighted by atomic mass is 9.57. The number of carbonyl (C=O) groups is 1. The number of nitrogens with zero attached hydrogens (tertiary/aromatic N) is 1. The number of hydrogen-bond acceptors (Lipinski definition) is 2. The summed E-state index contributed by atoms with van der Waals surface area (Å²) >= 11 is 0. The lowest BCUT2D eigenvalue weighted by Crippen LogP contribution is -2.46. The Morgan fingerprint density at radius 1 is 1.43 bits per heavy atom. The zero-order valence-electron chi connectivity index (χ0n) is 13.4. The summed E-state index contributed by atoms with van der Waals surface area (Å²) in [5.74, 6) is 0.972. The molecule has 0 spiro atoms. The molecule has 0 aromatic carbocycles. The molecule has 0 saturated heterocycles.